The van der Waals surface area contributed by atoms with Crippen molar-refractivity contribution < 1.29 is 17.2 Å². The quantitative estimate of drug-likeness (QED) is 0.696. The maximum absolute atomic E-state index is 14.1. The lowest BCUT2D eigenvalue weighted by atomic mass is 10.2. The fraction of sp³-hybridized carbons (Fsp3) is 0. The number of rotatable bonds is 2. The number of nitrogens with zero attached hydrogens (tertiary/aromatic N) is 2. The van der Waals surface area contributed by atoms with Gasteiger partial charge >= 0.3 is 0 Å². The summed E-state index contributed by atoms with van der Waals surface area (Å²) in [6.07, 6.45) is 1.07. The number of pyridine rings is 1. The molecule has 2 N–H and O–H groups in total. The second-order valence-electron chi connectivity index (χ2n) is 4.64. The van der Waals surface area contributed by atoms with E-state index in [9.17, 15) is 17.2 Å². The molecule has 120 valence electrons. The summed E-state index contributed by atoms with van der Waals surface area (Å²) in [5.74, 6) is -2.03. The molecule has 0 aliphatic carbocycles. The van der Waals surface area contributed by atoms with Crippen LogP contribution >= 0.6 is 23.2 Å². The first-order chi connectivity index (χ1) is 10.7. The van der Waals surface area contributed by atoms with Crippen molar-refractivity contribution >= 4 is 44.1 Å². The summed E-state index contributed by atoms with van der Waals surface area (Å²) in [5.41, 5.74) is -0.0991. The molecule has 3 rings (SSSR count). The van der Waals surface area contributed by atoms with E-state index in [2.05, 4.69) is 4.98 Å². The molecule has 0 bridgehead atoms. The third-order valence-electron chi connectivity index (χ3n) is 3.17. The van der Waals surface area contributed by atoms with Gasteiger partial charge in [0.1, 0.15) is 10.6 Å². The fourth-order valence-corrected chi connectivity index (χ4v) is 3.23. The van der Waals surface area contributed by atoms with Gasteiger partial charge in [-0.3, -0.25) is 0 Å². The Bertz CT molecular complexity index is 1050. The molecule has 5 nitrogen and oxygen atoms in total. The van der Waals surface area contributed by atoms with Crippen LogP contribution < -0.4 is 5.14 Å². The molecule has 0 saturated heterocycles. The van der Waals surface area contributed by atoms with Crippen molar-refractivity contribution in [2.75, 3.05) is 0 Å². The van der Waals surface area contributed by atoms with Crippen LogP contribution in [0.25, 0.3) is 16.6 Å². The van der Waals surface area contributed by atoms with Crippen LogP contribution in [0.5, 0.6) is 0 Å². The highest BCUT2D eigenvalue weighted by atomic mass is 35.5. The summed E-state index contributed by atoms with van der Waals surface area (Å²) in [4.78, 5) is 2.99. The summed E-state index contributed by atoms with van der Waals surface area (Å²) in [7, 11) is -4.09. The molecule has 0 saturated carbocycles. The lowest BCUT2D eigenvalue weighted by molar-refractivity contribution is 0.553. The highest BCUT2D eigenvalue weighted by molar-refractivity contribution is 7.89. The second-order valence-corrected chi connectivity index (χ2v) is 6.97. The Morgan fingerprint density at radius 3 is 2.52 bits per heavy atom. The van der Waals surface area contributed by atoms with Crippen LogP contribution in [0, 0.1) is 11.8 Å². The molecular weight excluding hydrogens is 371 g/mol. The highest BCUT2D eigenvalue weighted by Crippen LogP contribution is 2.31. The van der Waals surface area contributed by atoms with E-state index in [0.29, 0.717) is 0 Å². The zero-order valence-corrected chi connectivity index (χ0v) is 13.4. The van der Waals surface area contributed by atoms with Crippen LogP contribution in [-0.2, 0) is 10.0 Å². The van der Waals surface area contributed by atoms with E-state index in [4.69, 9.17) is 28.3 Å². The maximum atomic E-state index is 14.1. The van der Waals surface area contributed by atoms with Crippen molar-refractivity contribution in [3.63, 3.8) is 0 Å². The second kappa shape index (κ2) is 5.41. The van der Waals surface area contributed by atoms with Gasteiger partial charge in [0.05, 0.1) is 5.52 Å². The number of hydrogen-bond acceptors (Lipinski definition) is 3. The van der Waals surface area contributed by atoms with E-state index < -0.39 is 26.9 Å². The van der Waals surface area contributed by atoms with Gasteiger partial charge in [0, 0.05) is 22.7 Å². The van der Waals surface area contributed by atoms with Crippen LogP contribution in [-0.4, -0.2) is 18.0 Å². The van der Waals surface area contributed by atoms with Gasteiger partial charge in [-0.1, -0.05) is 23.2 Å². The fourth-order valence-electron chi connectivity index (χ4n) is 2.20. The van der Waals surface area contributed by atoms with Gasteiger partial charge in [-0.15, -0.1) is 0 Å². The van der Waals surface area contributed by atoms with Crippen molar-refractivity contribution in [2.45, 2.75) is 4.90 Å². The number of hydrogen-bond donors (Lipinski definition) is 1. The molecule has 2 aromatic heterocycles. The first kappa shape index (κ1) is 16.1. The predicted octanol–water partition coefficient (Wildman–Crippen LogP) is 3.26. The van der Waals surface area contributed by atoms with Crippen LogP contribution in [0.2, 0.25) is 10.2 Å². The van der Waals surface area contributed by atoms with Crippen molar-refractivity contribution in [3.8, 4) is 5.69 Å². The molecule has 0 aliphatic heterocycles. The summed E-state index contributed by atoms with van der Waals surface area (Å²) >= 11 is 11.3. The highest BCUT2D eigenvalue weighted by Gasteiger charge is 2.21. The van der Waals surface area contributed by atoms with Crippen molar-refractivity contribution in [1.82, 2.24) is 9.55 Å². The number of halogens is 4. The topological polar surface area (TPSA) is 78.0 Å². The minimum absolute atomic E-state index is 0.214. The third-order valence-corrected chi connectivity index (χ3v) is 4.60. The van der Waals surface area contributed by atoms with E-state index in [1.807, 2.05) is 0 Å². The molecule has 0 aliphatic rings. The van der Waals surface area contributed by atoms with E-state index in [1.54, 1.807) is 0 Å². The summed E-state index contributed by atoms with van der Waals surface area (Å²) in [6, 6.07) is 5.08. The number of sulfonamides is 1. The largest absolute Gasteiger partial charge is 0.311 e. The monoisotopic (exact) mass is 377 g/mol. The molecule has 0 fully saturated rings. The number of primary sulfonamides is 1. The Balaban J connectivity index is 2.43. The van der Waals surface area contributed by atoms with Gasteiger partial charge in [0.25, 0.3) is 0 Å². The lowest BCUT2D eigenvalue weighted by Crippen LogP contribution is -2.11. The predicted molar refractivity (Wildman–Crippen MR) is 82.4 cm³/mol. The third kappa shape index (κ3) is 2.78. The van der Waals surface area contributed by atoms with Crippen molar-refractivity contribution in [1.29, 1.82) is 0 Å². The normalized spacial score (nSPS) is 12.0. The van der Waals surface area contributed by atoms with Gasteiger partial charge in [-0.2, -0.15) is 4.39 Å². The number of benzene rings is 1. The SMILES string of the molecule is NS(=O)(=O)c1cn(-c2cc(F)c(Cl)nc2F)c2cc(Cl)ccc12. The molecule has 23 heavy (non-hydrogen) atoms. The molecule has 0 spiro atoms. The minimum atomic E-state index is -4.09. The lowest BCUT2D eigenvalue weighted by Gasteiger charge is -2.07. The maximum Gasteiger partial charge on any atom is 0.240 e. The summed E-state index contributed by atoms with van der Waals surface area (Å²) < 4.78 is 52.2. The van der Waals surface area contributed by atoms with Gasteiger partial charge < -0.3 is 4.57 Å². The minimum Gasteiger partial charge on any atom is -0.311 e. The Hall–Kier alpha value is -1.74. The zero-order valence-electron chi connectivity index (χ0n) is 11.1. The number of nitrogens with two attached hydrogens (primary N) is 1. The van der Waals surface area contributed by atoms with Gasteiger partial charge in [-0.05, 0) is 18.2 Å². The smallest absolute Gasteiger partial charge is 0.240 e. The van der Waals surface area contributed by atoms with Crippen LogP contribution in [0.3, 0.4) is 0 Å². The van der Waals surface area contributed by atoms with Gasteiger partial charge in [0.2, 0.25) is 16.0 Å². The molecule has 1 aromatic carbocycles. The van der Waals surface area contributed by atoms with Crippen molar-refractivity contribution in [3.05, 3.63) is 52.4 Å². The Morgan fingerprint density at radius 2 is 1.87 bits per heavy atom. The summed E-state index contributed by atoms with van der Waals surface area (Å²) in [5, 5.41) is 5.03. The molecule has 2 heterocycles. The Morgan fingerprint density at radius 1 is 1.17 bits per heavy atom. The van der Waals surface area contributed by atoms with Crippen LogP contribution in [0.1, 0.15) is 0 Å². The Labute approximate surface area is 139 Å². The average molecular weight is 378 g/mol. The molecule has 3 aromatic rings. The molecule has 10 heteroatoms. The average Bonchev–Trinajstić information content (AvgIpc) is 2.81. The number of aromatic nitrogens is 2. The zero-order chi connectivity index (χ0) is 16.9. The molecule has 0 amide bonds. The van der Waals surface area contributed by atoms with E-state index >= 15 is 0 Å². The molecular formula is C13H7Cl2F2N3O2S. The van der Waals surface area contributed by atoms with Crippen molar-refractivity contribution in [2.24, 2.45) is 5.14 Å². The summed E-state index contributed by atoms with van der Waals surface area (Å²) in [6.45, 7) is 0. The van der Waals surface area contributed by atoms with Gasteiger partial charge in [0.15, 0.2) is 11.0 Å². The first-order valence-electron chi connectivity index (χ1n) is 6.04. The molecule has 0 unspecified atom stereocenters. The Kier molecular flexibility index (Phi) is 3.80. The standard InChI is InChI=1S/C13H7Cl2F2N3O2S/c14-6-1-2-7-9(3-6)20(5-11(7)23(18,21)22)10-4-8(16)12(15)19-13(10)17/h1-5H,(H2,18,21,22). The molecule has 0 atom stereocenters. The van der Waals surface area contributed by atoms with E-state index in [1.165, 1.54) is 18.2 Å². The van der Waals surface area contributed by atoms with E-state index in [0.717, 1.165) is 16.8 Å². The van der Waals surface area contributed by atoms with E-state index in [-0.39, 0.29) is 26.5 Å². The van der Waals surface area contributed by atoms with Crippen LogP contribution in [0.15, 0.2) is 35.4 Å². The van der Waals surface area contributed by atoms with Gasteiger partial charge in [-0.25, -0.2) is 22.9 Å². The first-order valence-corrected chi connectivity index (χ1v) is 8.34. The molecule has 0 radical (unpaired) electrons. The number of fused-ring (bicyclic) bond motifs is 1. The van der Waals surface area contributed by atoms with Crippen LogP contribution in [0.4, 0.5) is 8.78 Å².